The number of aryl methyl sites for hydroxylation is 1. The lowest BCUT2D eigenvalue weighted by Crippen LogP contribution is -2.03. The molecule has 0 spiro atoms. The molecule has 0 saturated carbocycles. The van der Waals surface area contributed by atoms with Gasteiger partial charge in [0.2, 0.25) is 0 Å². The van der Waals surface area contributed by atoms with Gasteiger partial charge < -0.3 is 9.84 Å². The molecule has 0 unspecified atom stereocenters. The number of hydrogen-bond acceptors (Lipinski definition) is 2. The van der Waals surface area contributed by atoms with E-state index in [2.05, 4.69) is 0 Å². The quantitative estimate of drug-likeness (QED) is 0.865. The Labute approximate surface area is 135 Å². The van der Waals surface area contributed by atoms with E-state index in [0.29, 0.717) is 11.3 Å². The van der Waals surface area contributed by atoms with Gasteiger partial charge in [0, 0.05) is 0 Å². The highest BCUT2D eigenvalue weighted by molar-refractivity contribution is 6.10. The van der Waals surface area contributed by atoms with E-state index < -0.39 is 5.97 Å². The Balaban J connectivity index is 2.09. The first kappa shape index (κ1) is 15.1. The summed E-state index contributed by atoms with van der Waals surface area (Å²) in [5.41, 5.74) is 5.13. The van der Waals surface area contributed by atoms with Crippen LogP contribution in [0.5, 0.6) is 5.75 Å². The number of rotatable bonds is 4. The SMILES string of the molecule is COc1ccc(C)c(C=C(C(=O)O)C2=CCc3ccccc32)c1. The van der Waals surface area contributed by atoms with Gasteiger partial charge in [0.25, 0.3) is 0 Å². The van der Waals surface area contributed by atoms with Gasteiger partial charge in [-0.2, -0.15) is 0 Å². The van der Waals surface area contributed by atoms with Crippen LogP contribution in [-0.4, -0.2) is 18.2 Å². The first-order valence-electron chi connectivity index (χ1n) is 7.48. The van der Waals surface area contributed by atoms with Crippen LogP contribution >= 0.6 is 0 Å². The van der Waals surface area contributed by atoms with Crippen molar-refractivity contribution in [3.63, 3.8) is 0 Å². The summed E-state index contributed by atoms with van der Waals surface area (Å²) in [6.45, 7) is 1.96. The third-order valence-electron chi connectivity index (χ3n) is 4.14. The Morgan fingerprint density at radius 3 is 2.74 bits per heavy atom. The molecule has 2 aromatic rings. The highest BCUT2D eigenvalue weighted by Crippen LogP contribution is 2.34. The number of allylic oxidation sites excluding steroid dienone is 1. The minimum Gasteiger partial charge on any atom is -0.497 e. The normalized spacial score (nSPS) is 13.5. The second-order valence-corrected chi connectivity index (χ2v) is 5.56. The van der Waals surface area contributed by atoms with Crippen molar-refractivity contribution in [3.8, 4) is 5.75 Å². The van der Waals surface area contributed by atoms with Crippen LogP contribution in [0, 0.1) is 6.92 Å². The molecule has 116 valence electrons. The average molecular weight is 306 g/mol. The lowest BCUT2D eigenvalue weighted by Gasteiger charge is -2.09. The van der Waals surface area contributed by atoms with Crippen molar-refractivity contribution in [2.45, 2.75) is 13.3 Å². The molecule has 23 heavy (non-hydrogen) atoms. The summed E-state index contributed by atoms with van der Waals surface area (Å²) in [7, 11) is 1.60. The smallest absolute Gasteiger partial charge is 0.336 e. The Morgan fingerprint density at radius 2 is 2.00 bits per heavy atom. The van der Waals surface area contributed by atoms with Gasteiger partial charge in [-0.3, -0.25) is 0 Å². The van der Waals surface area contributed by atoms with Crippen molar-refractivity contribution in [3.05, 3.63) is 76.4 Å². The van der Waals surface area contributed by atoms with Crippen LogP contribution < -0.4 is 4.74 Å². The molecule has 3 heteroatoms. The van der Waals surface area contributed by atoms with Crippen molar-refractivity contribution in [2.24, 2.45) is 0 Å². The van der Waals surface area contributed by atoms with Gasteiger partial charge in [-0.15, -0.1) is 0 Å². The predicted octanol–water partition coefficient (Wildman–Crippen LogP) is 4.11. The van der Waals surface area contributed by atoms with E-state index in [9.17, 15) is 9.90 Å². The van der Waals surface area contributed by atoms with Crippen molar-refractivity contribution in [1.82, 2.24) is 0 Å². The number of fused-ring (bicyclic) bond motifs is 1. The second kappa shape index (κ2) is 6.13. The number of carboxylic acid groups (broad SMARTS) is 1. The van der Waals surface area contributed by atoms with Gasteiger partial charge in [-0.1, -0.05) is 36.4 Å². The van der Waals surface area contributed by atoms with Crippen LogP contribution in [0.3, 0.4) is 0 Å². The Bertz CT molecular complexity index is 829. The van der Waals surface area contributed by atoms with Gasteiger partial charge in [-0.05, 0) is 59.4 Å². The Kier molecular flexibility index (Phi) is 4.02. The largest absolute Gasteiger partial charge is 0.497 e. The third-order valence-corrected chi connectivity index (χ3v) is 4.14. The lowest BCUT2D eigenvalue weighted by molar-refractivity contribution is -0.132. The van der Waals surface area contributed by atoms with E-state index in [4.69, 9.17) is 4.74 Å². The van der Waals surface area contributed by atoms with E-state index in [1.165, 1.54) is 0 Å². The molecule has 0 aromatic heterocycles. The molecule has 0 radical (unpaired) electrons. The van der Waals surface area contributed by atoms with Crippen molar-refractivity contribution in [2.75, 3.05) is 7.11 Å². The van der Waals surface area contributed by atoms with Crippen molar-refractivity contribution >= 4 is 17.6 Å². The molecule has 0 bridgehead atoms. The van der Waals surface area contributed by atoms with E-state index in [0.717, 1.165) is 34.2 Å². The summed E-state index contributed by atoms with van der Waals surface area (Å²) in [5.74, 6) is -0.206. The van der Waals surface area contributed by atoms with E-state index in [-0.39, 0.29) is 0 Å². The molecule has 1 aliphatic rings. The zero-order valence-electron chi connectivity index (χ0n) is 13.2. The maximum absolute atomic E-state index is 11.8. The van der Waals surface area contributed by atoms with E-state index >= 15 is 0 Å². The maximum Gasteiger partial charge on any atom is 0.336 e. The zero-order valence-corrected chi connectivity index (χ0v) is 13.2. The molecular weight excluding hydrogens is 288 g/mol. The lowest BCUT2D eigenvalue weighted by atomic mass is 9.96. The minimum atomic E-state index is -0.921. The summed E-state index contributed by atoms with van der Waals surface area (Å²) >= 11 is 0. The maximum atomic E-state index is 11.8. The predicted molar refractivity (Wildman–Crippen MR) is 91.5 cm³/mol. The van der Waals surface area contributed by atoms with Crippen LogP contribution in [0.1, 0.15) is 22.3 Å². The van der Waals surface area contributed by atoms with Crippen molar-refractivity contribution < 1.29 is 14.6 Å². The van der Waals surface area contributed by atoms with Crippen LogP contribution in [0.4, 0.5) is 0 Å². The first-order chi connectivity index (χ1) is 11.1. The molecule has 1 aliphatic carbocycles. The number of aliphatic carboxylic acids is 1. The number of carbonyl (C=O) groups is 1. The van der Waals surface area contributed by atoms with Crippen LogP contribution in [0.25, 0.3) is 11.6 Å². The first-order valence-corrected chi connectivity index (χ1v) is 7.48. The highest BCUT2D eigenvalue weighted by atomic mass is 16.5. The van der Waals surface area contributed by atoms with Crippen LogP contribution in [0.15, 0.2) is 54.1 Å². The second-order valence-electron chi connectivity index (χ2n) is 5.56. The number of benzene rings is 2. The van der Waals surface area contributed by atoms with Gasteiger partial charge in [-0.25, -0.2) is 4.79 Å². The summed E-state index contributed by atoms with van der Waals surface area (Å²) < 4.78 is 5.24. The summed E-state index contributed by atoms with van der Waals surface area (Å²) in [6, 6.07) is 13.6. The molecule has 3 nitrogen and oxygen atoms in total. The summed E-state index contributed by atoms with van der Waals surface area (Å²) in [4.78, 5) is 11.8. The molecular formula is C20H18O3. The standard InChI is InChI=1S/C20H18O3/c1-13-7-9-16(23-2)11-15(13)12-19(20(21)22)18-10-8-14-5-3-4-6-17(14)18/h3-7,9-12H,8H2,1-2H3,(H,21,22). The third kappa shape index (κ3) is 2.90. The molecule has 1 N–H and O–H groups in total. The molecule has 0 saturated heterocycles. The Hall–Kier alpha value is -2.81. The van der Waals surface area contributed by atoms with E-state index in [1.54, 1.807) is 13.2 Å². The number of methoxy groups -OCH3 is 1. The molecule has 0 amide bonds. The monoisotopic (exact) mass is 306 g/mol. The number of hydrogen-bond donors (Lipinski definition) is 1. The average Bonchev–Trinajstić information content (AvgIpc) is 2.97. The fourth-order valence-corrected chi connectivity index (χ4v) is 2.85. The Morgan fingerprint density at radius 1 is 1.22 bits per heavy atom. The zero-order chi connectivity index (χ0) is 16.4. The molecule has 0 aliphatic heterocycles. The topological polar surface area (TPSA) is 46.5 Å². The van der Waals surface area contributed by atoms with Crippen LogP contribution in [-0.2, 0) is 11.2 Å². The van der Waals surface area contributed by atoms with E-state index in [1.807, 2.05) is 55.5 Å². The van der Waals surface area contributed by atoms with Gasteiger partial charge in [0.05, 0.1) is 12.7 Å². The van der Waals surface area contributed by atoms with Crippen molar-refractivity contribution in [1.29, 1.82) is 0 Å². The van der Waals surface area contributed by atoms with Gasteiger partial charge in [0.1, 0.15) is 5.75 Å². The fraction of sp³-hybridized carbons (Fsp3) is 0.150. The van der Waals surface area contributed by atoms with Crippen LogP contribution in [0.2, 0.25) is 0 Å². The van der Waals surface area contributed by atoms with Gasteiger partial charge in [0.15, 0.2) is 0 Å². The molecule has 3 rings (SSSR count). The molecule has 0 heterocycles. The minimum absolute atomic E-state index is 0.311. The molecule has 0 atom stereocenters. The number of ether oxygens (including phenoxy) is 1. The number of carboxylic acids is 1. The summed E-state index contributed by atoms with van der Waals surface area (Å²) in [5, 5.41) is 9.70. The fourth-order valence-electron chi connectivity index (χ4n) is 2.85. The highest BCUT2D eigenvalue weighted by Gasteiger charge is 2.21. The van der Waals surface area contributed by atoms with Gasteiger partial charge >= 0.3 is 5.97 Å². The molecule has 0 fully saturated rings. The summed E-state index contributed by atoms with van der Waals surface area (Å²) in [6.07, 6.45) is 4.49. The molecule has 2 aromatic carbocycles.